The number of benzene rings is 1. The third-order valence-corrected chi connectivity index (χ3v) is 3.68. The van der Waals surface area contributed by atoms with Crippen LogP contribution in [0.15, 0.2) is 36.5 Å². The molecule has 0 fully saturated rings. The van der Waals surface area contributed by atoms with Gasteiger partial charge in [0.2, 0.25) is 0 Å². The van der Waals surface area contributed by atoms with Crippen LogP contribution in [-0.4, -0.2) is 11.5 Å². The van der Waals surface area contributed by atoms with Crippen LogP contribution in [0.25, 0.3) is 0 Å². The average molecular weight is 253 g/mol. The zero-order chi connectivity index (χ0) is 13.2. The first-order valence-corrected chi connectivity index (χ1v) is 6.75. The highest BCUT2D eigenvalue weighted by Gasteiger charge is 2.20. The predicted octanol–water partition coefficient (Wildman–Crippen LogP) is 2.41. The van der Waals surface area contributed by atoms with Crippen LogP contribution in [0.2, 0.25) is 0 Å². The van der Waals surface area contributed by atoms with E-state index in [-0.39, 0.29) is 0 Å². The van der Waals surface area contributed by atoms with Crippen molar-refractivity contribution in [2.24, 2.45) is 5.73 Å². The van der Waals surface area contributed by atoms with Gasteiger partial charge in [-0.1, -0.05) is 30.3 Å². The zero-order valence-corrected chi connectivity index (χ0v) is 11.3. The zero-order valence-electron chi connectivity index (χ0n) is 11.3. The molecule has 2 aromatic rings. The molecule has 0 spiro atoms. The molecule has 0 aliphatic carbocycles. The van der Waals surface area contributed by atoms with E-state index in [1.807, 2.05) is 6.20 Å². The Bertz CT molecular complexity index is 567. The van der Waals surface area contributed by atoms with Crippen molar-refractivity contribution in [1.29, 1.82) is 0 Å². The molecule has 3 heteroatoms. The maximum absolute atomic E-state index is 5.59. The van der Waals surface area contributed by atoms with Crippen LogP contribution in [0.5, 0.6) is 0 Å². The molecule has 3 nitrogen and oxygen atoms in total. The van der Waals surface area contributed by atoms with Crippen molar-refractivity contribution in [3.8, 4) is 0 Å². The fourth-order valence-electron chi connectivity index (χ4n) is 2.74. The van der Waals surface area contributed by atoms with Crippen LogP contribution >= 0.6 is 0 Å². The Morgan fingerprint density at radius 1 is 1.21 bits per heavy atom. The Morgan fingerprint density at radius 2 is 1.89 bits per heavy atom. The van der Waals surface area contributed by atoms with Crippen molar-refractivity contribution in [3.05, 3.63) is 58.8 Å². The minimum atomic E-state index is 0.676. The van der Waals surface area contributed by atoms with Crippen molar-refractivity contribution in [1.82, 2.24) is 4.98 Å². The number of hydrogen-bond donors (Lipinski definition) is 1. The van der Waals surface area contributed by atoms with Crippen molar-refractivity contribution >= 4 is 5.82 Å². The molecule has 19 heavy (non-hydrogen) atoms. The first kappa shape index (κ1) is 12.2. The van der Waals surface area contributed by atoms with Gasteiger partial charge in [0.25, 0.3) is 0 Å². The lowest BCUT2D eigenvalue weighted by atomic mass is 10.1. The molecule has 0 atom stereocenters. The molecule has 0 unspecified atom stereocenters. The predicted molar refractivity (Wildman–Crippen MR) is 78.1 cm³/mol. The van der Waals surface area contributed by atoms with E-state index < -0.39 is 0 Å². The highest BCUT2D eigenvalue weighted by Crippen LogP contribution is 2.28. The van der Waals surface area contributed by atoms with Crippen molar-refractivity contribution in [3.63, 3.8) is 0 Å². The maximum atomic E-state index is 5.59. The van der Waals surface area contributed by atoms with Gasteiger partial charge < -0.3 is 10.6 Å². The number of rotatable bonds is 3. The van der Waals surface area contributed by atoms with E-state index in [0.717, 1.165) is 25.3 Å². The van der Waals surface area contributed by atoms with Gasteiger partial charge in [-0.25, -0.2) is 4.98 Å². The van der Waals surface area contributed by atoms with E-state index in [1.165, 1.54) is 22.3 Å². The van der Waals surface area contributed by atoms with E-state index in [4.69, 9.17) is 5.73 Å². The van der Waals surface area contributed by atoms with Crippen LogP contribution < -0.4 is 10.6 Å². The third-order valence-electron chi connectivity index (χ3n) is 3.68. The van der Waals surface area contributed by atoms with E-state index in [2.05, 4.69) is 47.1 Å². The maximum Gasteiger partial charge on any atom is 0.132 e. The monoisotopic (exact) mass is 253 g/mol. The number of nitrogens with zero attached hydrogens (tertiary/aromatic N) is 2. The molecule has 98 valence electrons. The quantitative estimate of drug-likeness (QED) is 0.913. The summed E-state index contributed by atoms with van der Waals surface area (Å²) >= 11 is 0. The highest BCUT2D eigenvalue weighted by molar-refractivity contribution is 5.52. The molecular weight excluding hydrogens is 234 g/mol. The number of aryl methyl sites for hydroxylation is 1. The molecule has 1 aromatic carbocycles. The first-order valence-electron chi connectivity index (χ1n) is 6.75. The smallest absolute Gasteiger partial charge is 0.132 e. The fourth-order valence-corrected chi connectivity index (χ4v) is 2.74. The van der Waals surface area contributed by atoms with Crippen LogP contribution in [0.3, 0.4) is 0 Å². The molecule has 0 saturated carbocycles. The fraction of sp³-hybridized carbons (Fsp3) is 0.312. The van der Waals surface area contributed by atoms with Gasteiger partial charge in [-0.15, -0.1) is 0 Å². The number of pyridine rings is 1. The highest BCUT2D eigenvalue weighted by atomic mass is 15.2. The summed E-state index contributed by atoms with van der Waals surface area (Å²) in [5.41, 5.74) is 10.9. The molecule has 2 N–H and O–H groups in total. The van der Waals surface area contributed by atoms with Gasteiger partial charge in [-0.3, -0.25) is 0 Å². The molecule has 1 aliphatic heterocycles. The van der Waals surface area contributed by atoms with Gasteiger partial charge in [0.05, 0.1) is 0 Å². The van der Waals surface area contributed by atoms with E-state index in [1.54, 1.807) is 0 Å². The standard InChI is InChI=1S/C16H19N3/c1-12-8-13(6-7-17)9-18-16(12)19-10-14-4-2-3-5-15(14)11-19/h2-5,8-9H,6-7,10-11,17H2,1H3. The average Bonchev–Trinajstić information content (AvgIpc) is 2.82. The van der Waals surface area contributed by atoms with Crippen LogP contribution in [0.4, 0.5) is 5.82 Å². The minimum absolute atomic E-state index is 0.676. The van der Waals surface area contributed by atoms with E-state index in [0.29, 0.717) is 6.54 Å². The lowest BCUT2D eigenvalue weighted by Crippen LogP contribution is -2.17. The van der Waals surface area contributed by atoms with Crippen LogP contribution in [-0.2, 0) is 19.5 Å². The Hall–Kier alpha value is -1.87. The summed E-state index contributed by atoms with van der Waals surface area (Å²) < 4.78 is 0. The molecule has 2 heterocycles. The minimum Gasteiger partial charge on any atom is -0.348 e. The van der Waals surface area contributed by atoms with Crippen molar-refractivity contribution < 1.29 is 0 Å². The third kappa shape index (κ3) is 2.34. The molecule has 0 radical (unpaired) electrons. The Morgan fingerprint density at radius 3 is 2.47 bits per heavy atom. The molecular formula is C16H19N3. The van der Waals surface area contributed by atoms with Gasteiger partial charge in [-0.2, -0.15) is 0 Å². The molecule has 3 rings (SSSR count). The second-order valence-electron chi connectivity index (χ2n) is 5.15. The van der Waals surface area contributed by atoms with Crippen LogP contribution in [0, 0.1) is 6.92 Å². The summed E-state index contributed by atoms with van der Waals surface area (Å²) in [7, 11) is 0. The molecule has 0 bridgehead atoms. The van der Waals surface area contributed by atoms with Gasteiger partial charge in [0.1, 0.15) is 5.82 Å². The van der Waals surface area contributed by atoms with Gasteiger partial charge in [-0.05, 0) is 42.1 Å². The summed E-state index contributed by atoms with van der Waals surface area (Å²) in [6, 6.07) is 10.8. The number of anilines is 1. The first-order chi connectivity index (χ1) is 9.28. The topological polar surface area (TPSA) is 42.1 Å². The summed E-state index contributed by atoms with van der Waals surface area (Å²) in [5, 5.41) is 0. The van der Waals surface area contributed by atoms with E-state index >= 15 is 0 Å². The SMILES string of the molecule is Cc1cc(CCN)cnc1N1Cc2ccccc2C1. The lowest BCUT2D eigenvalue weighted by Gasteiger charge is -2.19. The second-order valence-corrected chi connectivity index (χ2v) is 5.15. The molecule has 0 saturated heterocycles. The van der Waals surface area contributed by atoms with Crippen molar-refractivity contribution in [2.75, 3.05) is 11.4 Å². The normalized spacial score (nSPS) is 13.7. The summed E-state index contributed by atoms with van der Waals surface area (Å²) in [6.45, 7) is 4.72. The number of aromatic nitrogens is 1. The lowest BCUT2D eigenvalue weighted by molar-refractivity contribution is 0.844. The second kappa shape index (κ2) is 5.02. The number of fused-ring (bicyclic) bond motifs is 1. The molecule has 0 amide bonds. The largest absolute Gasteiger partial charge is 0.348 e. The van der Waals surface area contributed by atoms with Gasteiger partial charge in [0.15, 0.2) is 0 Å². The van der Waals surface area contributed by atoms with E-state index in [9.17, 15) is 0 Å². The summed E-state index contributed by atoms with van der Waals surface area (Å²) in [6.07, 6.45) is 2.85. The molecule has 1 aromatic heterocycles. The summed E-state index contributed by atoms with van der Waals surface area (Å²) in [5.74, 6) is 1.09. The Labute approximate surface area is 114 Å². The Balaban J connectivity index is 1.85. The van der Waals surface area contributed by atoms with Gasteiger partial charge in [0, 0.05) is 19.3 Å². The number of hydrogen-bond acceptors (Lipinski definition) is 3. The van der Waals surface area contributed by atoms with Gasteiger partial charge >= 0.3 is 0 Å². The van der Waals surface area contributed by atoms with Crippen LogP contribution in [0.1, 0.15) is 22.3 Å². The summed E-state index contributed by atoms with van der Waals surface area (Å²) in [4.78, 5) is 6.97. The number of nitrogens with two attached hydrogens (primary N) is 1. The molecule has 1 aliphatic rings. The Kier molecular flexibility index (Phi) is 3.22. The van der Waals surface area contributed by atoms with Crippen molar-refractivity contribution in [2.45, 2.75) is 26.4 Å².